The van der Waals surface area contributed by atoms with Gasteiger partial charge < -0.3 is 19.1 Å². The van der Waals surface area contributed by atoms with Gasteiger partial charge in [0, 0.05) is 37.9 Å². The maximum atomic E-state index is 14.6. The molecule has 1 aromatic heterocycles. The minimum Gasteiger partial charge on any atom is -0.354 e. The third kappa shape index (κ3) is 3.85. The number of likely N-dealkylation sites (tertiary alicyclic amines) is 2. The Morgan fingerprint density at radius 2 is 1.63 bits per heavy atom. The third-order valence-corrected chi connectivity index (χ3v) is 8.75. The average Bonchev–Trinajstić information content (AvgIpc) is 3.56. The molecule has 38 heavy (non-hydrogen) atoms. The van der Waals surface area contributed by atoms with Gasteiger partial charge in [-0.2, -0.15) is 0 Å². The highest BCUT2D eigenvalue weighted by atomic mass is 19.1. The highest BCUT2D eigenvalue weighted by Gasteiger charge is 2.49. The molecule has 8 heteroatoms. The van der Waals surface area contributed by atoms with E-state index in [4.69, 9.17) is 4.74 Å². The van der Waals surface area contributed by atoms with Crippen molar-refractivity contribution >= 4 is 11.8 Å². The Hall–Kier alpha value is -3.52. The van der Waals surface area contributed by atoms with Crippen LogP contribution in [-0.4, -0.2) is 52.4 Å². The summed E-state index contributed by atoms with van der Waals surface area (Å²) in [5, 5.41) is 0. The zero-order valence-electron chi connectivity index (χ0n) is 21.7. The van der Waals surface area contributed by atoms with Gasteiger partial charge in [0.1, 0.15) is 17.2 Å². The average molecular weight is 520 g/mol. The number of nitrogens with zero attached hydrogens (tertiary/aromatic N) is 3. The second kappa shape index (κ2) is 9.05. The lowest BCUT2D eigenvalue weighted by molar-refractivity contribution is -0.159. The van der Waals surface area contributed by atoms with Crippen LogP contribution in [0.3, 0.4) is 0 Å². The van der Waals surface area contributed by atoms with Crippen molar-refractivity contribution in [3.63, 3.8) is 0 Å². The second-order valence-electron chi connectivity index (χ2n) is 11.0. The van der Waals surface area contributed by atoms with Crippen molar-refractivity contribution in [3.05, 3.63) is 88.7 Å². The SMILES string of the molecule is Cc1ccc(F)c(C(=O)N2CCC3(CC2)CCN(C(=O)C2(C)OCc4ccccc4-n4cccc42)C3)c1F. The van der Waals surface area contributed by atoms with Gasteiger partial charge in [-0.3, -0.25) is 9.59 Å². The Bertz CT molecular complexity index is 1430. The first-order valence-electron chi connectivity index (χ1n) is 13.2. The minimum atomic E-state index is -1.13. The van der Waals surface area contributed by atoms with Gasteiger partial charge in [-0.15, -0.1) is 0 Å². The maximum Gasteiger partial charge on any atom is 0.260 e. The van der Waals surface area contributed by atoms with E-state index in [1.54, 1.807) is 0 Å². The second-order valence-corrected chi connectivity index (χ2v) is 11.0. The lowest BCUT2D eigenvalue weighted by atomic mass is 9.77. The largest absolute Gasteiger partial charge is 0.354 e. The fourth-order valence-corrected chi connectivity index (χ4v) is 6.33. The maximum absolute atomic E-state index is 14.6. The number of benzene rings is 2. The molecule has 3 aliphatic rings. The third-order valence-electron chi connectivity index (χ3n) is 8.75. The molecule has 6 rings (SSSR count). The molecule has 198 valence electrons. The van der Waals surface area contributed by atoms with Crippen LogP contribution in [0.2, 0.25) is 0 Å². The first-order valence-corrected chi connectivity index (χ1v) is 13.2. The summed E-state index contributed by atoms with van der Waals surface area (Å²) in [4.78, 5) is 30.4. The Labute approximate surface area is 220 Å². The van der Waals surface area contributed by atoms with E-state index in [9.17, 15) is 18.4 Å². The first kappa shape index (κ1) is 24.8. The summed E-state index contributed by atoms with van der Waals surface area (Å²) >= 11 is 0. The van der Waals surface area contributed by atoms with Crippen molar-refractivity contribution in [2.75, 3.05) is 26.2 Å². The number of carbonyl (C=O) groups is 2. The van der Waals surface area contributed by atoms with Crippen molar-refractivity contribution in [1.82, 2.24) is 14.4 Å². The monoisotopic (exact) mass is 519 g/mol. The van der Waals surface area contributed by atoms with Crippen LogP contribution in [0.4, 0.5) is 8.78 Å². The molecule has 1 spiro atoms. The van der Waals surface area contributed by atoms with Crippen molar-refractivity contribution in [1.29, 1.82) is 0 Å². The summed E-state index contributed by atoms with van der Waals surface area (Å²) < 4.78 is 37.3. The van der Waals surface area contributed by atoms with Crippen molar-refractivity contribution in [3.8, 4) is 5.69 Å². The molecular weight excluding hydrogens is 488 g/mol. The predicted molar refractivity (Wildman–Crippen MR) is 138 cm³/mol. The van der Waals surface area contributed by atoms with Crippen molar-refractivity contribution < 1.29 is 23.1 Å². The Morgan fingerprint density at radius 1 is 0.921 bits per heavy atom. The number of hydrogen-bond donors (Lipinski definition) is 0. The van der Waals surface area contributed by atoms with Gasteiger partial charge in [-0.1, -0.05) is 24.3 Å². The number of aryl methyl sites for hydroxylation is 1. The molecule has 0 N–H and O–H groups in total. The number of para-hydroxylation sites is 1. The van der Waals surface area contributed by atoms with Crippen LogP contribution < -0.4 is 0 Å². The molecule has 4 heterocycles. The van der Waals surface area contributed by atoms with Crippen molar-refractivity contribution in [2.24, 2.45) is 5.41 Å². The lowest BCUT2D eigenvalue weighted by Gasteiger charge is -2.40. The zero-order chi connectivity index (χ0) is 26.7. The molecule has 3 aliphatic heterocycles. The van der Waals surface area contributed by atoms with Crippen LogP contribution >= 0.6 is 0 Å². The Balaban J connectivity index is 1.17. The number of amides is 2. The van der Waals surface area contributed by atoms with Crippen LogP contribution in [0.1, 0.15) is 53.4 Å². The molecule has 0 aliphatic carbocycles. The number of carbonyl (C=O) groups excluding carboxylic acids is 2. The summed E-state index contributed by atoms with van der Waals surface area (Å²) in [6.45, 7) is 5.70. The number of ether oxygens (including phenoxy) is 1. The molecule has 1 unspecified atom stereocenters. The van der Waals surface area contributed by atoms with E-state index in [0.717, 1.165) is 29.4 Å². The molecule has 6 nitrogen and oxygen atoms in total. The minimum absolute atomic E-state index is 0.0652. The topological polar surface area (TPSA) is 54.8 Å². The van der Waals surface area contributed by atoms with Gasteiger partial charge in [0.15, 0.2) is 5.60 Å². The zero-order valence-corrected chi connectivity index (χ0v) is 21.7. The molecule has 2 fully saturated rings. The summed E-state index contributed by atoms with van der Waals surface area (Å²) in [5.74, 6) is -2.30. The van der Waals surface area contributed by atoms with E-state index >= 15 is 0 Å². The van der Waals surface area contributed by atoms with E-state index in [-0.39, 0.29) is 16.9 Å². The van der Waals surface area contributed by atoms with E-state index in [1.807, 2.05) is 59.0 Å². The molecule has 2 saturated heterocycles. The van der Waals surface area contributed by atoms with Crippen molar-refractivity contribution in [2.45, 2.75) is 45.3 Å². The molecule has 1 atom stereocenters. The number of aromatic nitrogens is 1. The summed E-state index contributed by atoms with van der Waals surface area (Å²) in [5.41, 5.74) is 1.35. The number of halogens is 2. The van der Waals surface area contributed by atoms with Gasteiger partial charge in [0.2, 0.25) is 0 Å². The predicted octanol–water partition coefficient (Wildman–Crippen LogP) is 4.96. The Kier molecular flexibility index (Phi) is 5.90. The van der Waals surface area contributed by atoms with Gasteiger partial charge in [-0.05, 0) is 68.4 Å². The molecule has 3 aromatic rings. The van der Waals surface area contributed by atoms with E-state index in [0.29, 0.717) is 45.6 Å². The molecule has 2 amide bonds. The van der Waals surface area contributed by atoms with Crippen LogP contribution in [-0.2, 0) is 21.7 Å². The fraction of sp³-hybridized carbons (Fsp3) is 0.400. The van der Waals surface area contributed by atoms with Gasteiger partial charge in [0.25, 0.3) is 11.8 Å². The smallest absolute Gasteiger partial charge is 0.260 e. The number of fused-ring (bicyclic) bond motifs is 3. The van der Waals surface area contributed by atoms with Crippen LogP contribution in [0.25, 0.3) is 5.69 Å². The van der Waals surface area contributed by atoms with Gasteiger partial charge in [0.05, 0.1) is 18.0 Å². The molecule has 0 saturated carbocycles. The van der Waals surface area contributed by atoms with Crippen LogP contribution in [0, 0.1) is 24.0 Å². The fourth-order valence-electron chi connectivity index (χ4n) is 6.33. The number of hydrogen-bond acceptors (Lipinski definition) is 3. The van der Waals surface area contributed by atoms with E-state index in [1.165, 1.54) is 17.9 Å². The van der Waals surface area contributed by atoms with Crippen LogP contribution in [0.5, 0.6) is 0 Å². The molecular formula is C30H31F2N3O3. The quantitative estimate of drug-likeness (QED) is 0.481. The van der Waals surface area contributed by atoms with E-state index < -0.39 is 28.7 Å². The summed E-state index contributed by atoms with van der Waals surface area (Å²) in [6.07, 6.45) is 4.14. The lowest BCUT2D eigenvalue weighted by Crippen LogP contribution is -2.48. The molecule has 0 bridgehead atoms. The Morgan fingerprint density at radius 3 is 2.39 bits per heavy atom. The standard InChI is InChI=1S/C30H31F2N3O3/c1-20-9-10-22(31)25(26(20)32)27(36)33-15-11-30(12-16-33)13-17-34(19-30)28(37)29(2)24-8-5-14-35(24)23-7-4-3-6-21(23)18-38-29/h3-10,14H,11-13,15-19H2,1-2H3. The number of rotatable bonds is 2. The van der Waals surface area contributed by atoms with Crippen LogP contribution in [0.15, 0.2) is 54.7 Å². The molecule has 2 aromatic carbocycles. The molecule has 0 radical (unpaired) electrons. The normalized spacial score (nSPS) is 22.2. The van der Waals surface area contributed by atoms with E-state index in [2.05, 4.69) is 0 Å². The van der Waals surface area contributed by atoms with Gasteiger partial charge >= 0.3 is 0 Å². The summed E-state index contributed by atoms with van der Waals surface area (Å²) in [6, 6.07) is 14.4. The number of piperidine rings is 1. The highest BCUT2D eigenvalue weighted by molar-refractivity contribution is 5.95. The summed E-state index contributed by atoms with van der Waals surface area (Å²) in [7, 11) is 0. The first-order chi connectivity index (χ1) is 18.2. The van der Waals surface area contributed by atoms with Gasteiger partial charge in [-0.25, -0.2) is 8.78 Å². The highest BCUT2D eigenvalue weighted by Crippen LogP contribution is 2.43.